The molecular formula is C21H33BN2O4. The average Bonchev–Trinajstić information content (AvgIpc) is 2.81. The molecule has 0 aromatic carbocycles. The maximum absolute atomic E-state index is 12.3. The molecule has 7 heteroatoms. The molecular weight excluding hydrogens is 355 g/mol. The zero-order valence-electron chi connectivity index (χ0n) is 18.2. The second kappa shape index (κ2) is 7.34. The summed E-state index contributed by atoms with van der Waals surface area (Å²) in [7, 11) is -0.399. The first-order chi connectivity index (χ1) is 12.9. The Morgan fingerprint density at radius 3 is 2.18 bits per heavy atom. The number of nitrogens with zero attached hydrogens (tertiary/aromatic N) is 2. The predicted molar refractivity (Wildman–Crippen MR) is 111 cm³/mol. The number of pyridine rings is 1. The van der Waals surface area contributed by atoms with Crippen LogP contribution in [0.4, 0.5) is 5.82 Å². The molecule has 154 valence electrons. The third-order valence-corrected chi connectivity index (χ3v) is 5.86. The highest BCUT2D eigenvalue weighted by molar-refractivity contribution is 6.62. The normalized spacial score (nSPS) is 22.4. The van der Waals surface area contributed by atoms with Gasteiger partial charge >= 0.3 is 13.1 Å². The van der Waals surface area contributed by atoms with Gasteiger partial charge in [0.2, 0.25) is 0 Å². The number of anilines is 1. The lowest BCUT2D eigenvalue weighted by Gasteiger charge is -2.33. The lowest BCUT2D eigenvalue weighted by molar-refractivity contribution is -0.160. The van der Waals surface area contributed by atoms with Gasteiger partial charge in [0.05, 0.1) is 17.1 Å². The molecule has 0 N–H and O–H groups in total. The fourth-order valence-electron chi connectivity index (χ4n) is 3.43. The highest BCUT2D eigenvalue weighted by Crippen LogP contribution is 2.36. The number of carbonyl (C=O) groups excluding carboxylic acids is 1. The zero-order chi connectivity index (χ0) is 20.7. The van der Waals surface area contributed by atoms with Crippen LogP contribution < -0.4 is 10.4 Å². The van der Waals surface area contributed by atoms with E-state index in [1.807, 2.05) is 66.8 Å². The summed E-state index contributed by atoms with van der Waals surface area (Å²) in [5.41, 5.74) is -0.232. The lowest BCUT2D eigenvalue weighted by atomic mass is 9.80. The maximum atomic E-state index is 12.3. The molecule has 0 unspecified atom stereocenters. The molecule has 28 heavy (non-hydrogen) atoms. The molecule has 0 saturated carbocycles. The molecule has 2 aliphatic heterocycles. The van der Waals surface area contributed by atoms with Gasteiger partial charge in [0.1, 0.15) is 11.4 Å². The van der Waals surface area contributed by atoms with Crippen molar-refractivity contribution < 1.29 is 18.8 Å². The maximum Gasteiger partial charge on any atom is 0.496 e. The van der Waals surface area contributed by atoms with Crippen LogP contribution in [0.25, 0.3) is 0 Å². The van der Waals surface area contributed by atoms with Gasteiger partial charge in [0, 0.05) is 24.7 Å². The summed E-state index contributed by atoms with van der Waals surface area (Å²) in [6.45, 7) is 15.5. The number of rotatable bonds is 3. The van der Waals surface area contributed by atoms with E-state index in [2.05, 4.69) is 9.88 Å². The van der Waals surface area contributed by atoms with Crippen LogP contribution in [0.1, 0.15) is 61.3 Å². The Morgan fingerprint density at radius 1 is 1.14 bits per heavy atom. The summed E-state index contributed by atoms with van der Waals surface area (Å²) >= 11 is 0. The van der Waals surface area contributed by atoms with Crippen molar-refractivity contribution in [2.45, 2.75) is 78.1 Å². The monoisotopic (exact) mass is 388 g/mol. The minimum atomic E-state index is -0.431. The van der Waals surface area contributed by atoms with Crippen molar-refractivity contribution in [1.82, 2.24) is 4.98 Å². The topological polar surface area (TPSA) is 60.9 Å². The van der Waals surface area contributed by atoms with E-state index >= 15 is 0 Å². The average molecular weight is 388 g/mol. The molecule has 0 aliphatic carbocycles. The quantitative estimate of drug-likeness (QED) is 0.586. The van der Waals surface area contributed by atoms with Gasteiger partial charge in [-0.3, -0.25) is 4.79 Å². The van der Waals surface area contributed by atoms with E-state index in [9.17, 15) is 4.79 Å². The summed E-state index contributed by atoms with van der Waals surface area (Å²) < 4.78 is 17.7. The van der Waals surface area contributed by atoms with E-state index in [0.717, 1.165) is 37.2 Å². The molecule has 3 heterocycles. The van der Waals surface area contributed by atoms with E-state index in [1.54, 1.807) is 0 Å². The second-order valence-corrected chi connectivity index (χ2v) is 9.83. The molecule has 0 radical (unpaired) electrons. The number of esters is 1. The molecule has 2 saturated heterocycles. The van der Waals surface area contributed by atoms with E-state index in [-0.39, 0.29) is 23.1 Å². The highest BCUT2D eigenvalue weighted by atomic mass is 16.7. The van der Waals surface area contributed by atoms with Crippen molar-refractivity contribution >= 4 is 24.4 Å². The second-order valence-electron chi connectivity index (χ2n) is 9.83. The number of piperidine rings is 1. The van der Waals surface area contributed by atoms with E-state index < -0.39 is 12.7 Å². The molecule has 2 fully saturated rings. The fraction of sp³-hybridized carbons (Fsp3) is 0.714. The molecule has 0 amide bonds. The summed E-state index contributed by atoms with van der Waals surface area (Å²) in [5, 5.41) is 0. The Morgan fingerprint density at radius 2 is 1.71 bits per heavy atom. The molecule has 1 aromatic heterocycles. The molecule has 2 aliphatic rings. The van der Waals surface area contributed by atoms with Crippen LogP contribution in [0, 0.1) is 5.92 Å². The first kappa shape index (κ1) is 21.1. The first-order valence-electron chi connectivity index (χ1n) is 10.2. The third-order valence-electron chi connectivity index (χ3n) is 5.86. The Hall–Kier alpha value is -1.60. The van der Waals surface area contributed by atoms with Gasteiger partial charge in [0.15, 0.2) is 0 Å². The van der Waals surface area contributed by atoms with Crippen LogP contribution >= 0.6 is 0 Å². The summed E-state index contributed by atoms with van der Waals surface area (Å²) in [6.07, 6.45) is 3.41. The summed E-state index contributed by atoms with van der Waals surface area (Å²) in [6, 6.07) is 4.03. The Bertz CT molecular complexity index is 688. The standard InChI is InChI=1S/C21H33BN2O4/c1-19(2,3)26-18(25)15-10-12-24(13-11-15)17-9-8-16(14-23-17)22-27-20(4,5)21(6,7)28-22/h8-9,14-15H,10-13H2,1-7H3. The first-order valence-corrected chi connectivity index (χ1v) is 10.2. The van der Waals surface area contributed by atoms with Crippen LogP contribution in [-0.4, -0.2) is 48.0 Å². The number of hydrogen-bond acceptors (Lipinski definition) is 6. The number of aromatic nitrogens is 1. The van der Waals surface area contributed by atoms with Gasteiger partial charge in [-0.2, -0.15) is 0 Å². The molecule has 0 spiro atoms. The van der Waals surface area contributed by atoms with Gasteiger partial charge in [-0.1, -0.05) is 6.07 Å². The molecule has 3 rings (SSSR count). The lowest BCUT2D eigenvalue weighted by Crippen LogP contribution is -2.41. The highest BCUT2D eigenvalue weighted by Gasteiger charge is 2.51. The minimum absolute atomic E-state index is 0.0282. The molecule has 0 bridgehead atoms. The minimum Gasteiger partial charge on any atom is -0.460 e. The van der Waals surface area contributed by atoms with Crippen LogP contribution in [0.5, 0.6) is 0 Å². The SMILES string of the molecule is CC(C)(C)OC(=O)C1CCN(c2ccc(B3OC(C)(C)C(C)(C)O3)cn2)CC1. The van der Waals surface area contributed by atoms with Gasteiger partial charge in [-0.05, 0) is 67.4 Å². The van der Waals surface area contributed by atoms with Crippen molar-refractivity contribution in [3.05, 3.63) is 18.3 Å². The molecule has 0 atom stereocenters. The van der Waals surface area contributed by atoms with Crippen molar-refractivity contribution in [2.24, 2.45) is 5.92 Å². The van der Waals surface area contributed by atoms with E-state index in [1.165, 1.54) is 0 Å². The number of carbonyl (C=O) groups is 1. The Labute approximate surface area is 169 Å². The number of hydrogen-bond donors (Lipinski definition) is 0. The van der Waals surface area contributed by atoms with E-state index in [4.69, 9.17) is 14.0 Å². The summed E-state index contributed by atoms with van der Waals surface area (Å²) in [4.78, 5) is 19.1. The van der Waals surface area contributed by atoms with Gasteiger partial charge < -0.3 is 18.9 Å². The van der Waals surface area contributed by atoms with Gasteiger partial charge in [-0.15, -0.1) is 0 Å². The Kier molecular flexibility index (Phi) is 5.54. The van der Waals surface area contributed by atoms with Crippen molar-refractivity contribution in [3.8, 4) is 0 Å². The largest absolute Gasteiger partial charge is 0.496 e. The van der Waals surface area contributed by atoms with Crippen molar-refractivity contribution in [3.63, 3.8) is 0 Å². The molecule has 6 nitrogen and oxygen atoms in total. The van der Waals surface area contributed by atoms with Crippen LogP contribution in [0.15, 0.2) is 18.3 Å². The van der Waals surface area contributed by atoms with Crippen LogP contribution in [0.2, 0.25) is 0 Å². The van der Waals surface area contributed by atoms with Crippen LogP contribution in [0.3, 0.4) is 0 Å². The predicted octanol–water partition coefficient (Wildman–Crippen LogP) is 2.94. The van der Waals surface area contributed by atoms with Crippen molar-refractivity contribution in [2.75, 3.05) is 18.0 Å². The van der Waals surface area contributed by atoms with Gasteiger partial charge in [0.25, 0.3) is 0 Å². The smallest absolute Gasteiger partial charge is 0.460 e. The Balaban J connectivity index is 1.58. The number of ether oxygens (including phenoxy) is 1. The zero-order valence-corrected chi connectivity index (χ0v) is 18.2. The van der Waals surface area contributed by atoms with Crippen LogP contribution in [-0.2, 0) is 18.8 Å². The fourth-order valence-corrected chi connectivity index (χ4v) is 3.43. The van der Waals surface area contributed by atoms with Crippen molar-refractivity contribution in [1.29, 1.82) is 0 Å². The summed E-state index contributed by atoms with van der Waals surface area (Å²) in [5.74, 6) is 0.804. The molecule has 1 aromatic rings. The van der Waals surface area contributed by atoms with Gasteiger partial charge in [-0.25, -0.2) is 4.98 Å². The third kappa shape index (κ3) is 4.52. The van der Waals surface area contributed by atoms with E-state index in [0.29, 0.717) is 0 Å².